The average molecular weight is 329 g/mol. The molecule has 3 rings (SSSR count). The Balaban J connectivity index is 2.21. The second-order valence-electron chi connectivity index (χ2n) is 4.58. The number of rotatable bonds is 2. The number of nitrogens with one attached hydrogen (secondary N) is 1. The lowest BCUT2D eigenvalue weighted by atomic mass is 10.0. The van der Waals surface area contributed by atoms with Crippen molar-refractivity contribution in [2.75, 3.05) is 5.73 Å². The van der Waals surface area contributed by atoms with E-state index in [4.69, 9.17) is 5.73 Å². The number of anilines is 1. The van der Waals surface area contributed by atoms with Gasteiger partial charge in [0.1, 0.15) is 0 Å². The molecular weight excluding hydrogens is 316 g/mol. The summed E-state index contributed by atoms with van der Waals surface area (Å²) in [5.41, 5.74) is 11.0. The Kier molecular flexibility index (Phi) is 3.28. The molecule has 0 saturated heterocycles. The number of benzene rings is 1. The lowest BCUT2D eigenvalue weighted by Gasteiger charge is -2.07. The zero-order valence-corrected chi connectivity index (χ0v) is 12.5. The Morgan fingerprint density at radius 2 is 1.90 bits per heavy atom. The SMILES string of the molecule is Cc1ccc(-c2[nH]nc(N)c2-c2ccncc2)c(Br)c1. The summed E-state index contributed by atoms with van der Waals surface area (Å²) in [5.74, 6) is 0.485. The molecule has 0 unspecified atom stereocenters. The number of aromatic amines is 1. The number of hydrogen-bond acceptors (Lipinski definition) is 3. The highest BCUT2D eigenvalue weighted by molar-refractivity contribution is 9.10. The lowest BCUT2D eigenvalue weighted by molar-refractivity contribution is 1.10. The Labute approximate surface area is 125 Å². The van der Waals surface area contributed by atoms with Crippen molar-refractivity contribution in [1.29, 1.82) is 0 Å². The van der Waals surface area contributed by atoms with Gasteiger partial charge in [-0.05, 0) is 36.2 Å². The van der Waals surface area contributed by atoms with E-state index in [0.717, 1.165) is 26.9 Å². The van der Waals surface area contributed by atoms with Crippen LogP contribution in [0.3, 0.4) is 0 Å². The molecule has 0 atom stereocenters. The third-order valence-electron chi connectivity index (χ3n) is 3.16. The highest BCUT2D eigenvalue weighted by Crippen LogP contribution is 2.37. The first kappa shape index (κ1) is 12.9. The van der Waals surface area contributed by atoms with Gasteiger partial charge < -0.3 is 5.73 Å². The Bertz CT molecular complexity index is 750. The van der Waals surface area contributed by atoms with Crippen LogP contribution in [0.5, 0.6) is 0 Å². The van der Waals surface area contributed by atoms with Crippen LogP contribution in [0.4, 0.5) is 5.82 Å². The number of pyridine rings is 1. The Hall–Kier alpha value is -2.14. The van der Waals surface area contributed by atoms with E-state index in [1.54, 1.807) is 12.4 Å². The topological polar surface area (TPSA) is 67.6 Å². The minimum absolute atomic E-state index is 0.485. The van der Waals surface area contributed by atoms with E-state index in [9.17, 15) is 0 Å². The predicted molar refractivity (Wildman–Crippen MR) is 84.1 cm³/mol. The molecule has 0 radical (unpaired) electrons. The maximum Gasteiger partial charge on any atom is 0.153 e. The van der Waals surface area contributed by atoms with Gasteiger partial charge in [-0.15, -0.1) is 0 Å². The standard InChI is InChI=1S/C15H13BrN4/c1-9-2-3-11(12(16)8-9)14-13(15(17)20-19-14)10-4-6-18-7-5-10/h2-8H,1H3,(H3,17,19,20). The fourth-order valence-corrected chi connectivity index (χ4v) is 2.88. The van der Waals surface area contributed by atoms with Crippen molar-refractivity contribution in [3.63, 3.8) is 0 Å². The zero-order valence-electron chi connectivity index (χ0n) is 10.9. The predicted octanol–water partition coefficient (Wildman–Crippen LogP) is 3.79. The Morgan fingerprint density at radius 3 is 2.60 bits per heavy atom. The highest BCUT2D eigenvalue weighted by Gasteiger charge is 2.16. The average Bonchev–Trinajstić information content (AvgIpc) is 2.81. The molecule has 0 aliphatic carbocycles. The lowest BCUT2D eigenvalue weighted by Crippen LogP contribution is -1.89. The maximum atomic E-state index is 6.01. The summed E-state index contributed by atoms with van der Waals surface area (Å²) in [5, 5.41) is 7.17. The molecule has 0 saturated carbocycles. The van der Waals surface area contributed by atoms with Gasteiger partial charge in [0, 0.05) is 22.4 Å². The minimum Gasteiger partial charge on any atom is -0.382 e. The van der Waals surface area contributed by atoms with Crippen molar-refractivity contribution >= 4 is 21.7 Å². The number of aromatic nitrogens is 3. The smallest absolute Gasteiger partial charge is 0.153 e. The van der Waals surface area contributed by atoms with Crippen LogP contribution in [0, 0.1) is 6.92 Å². The van der Waals surface area contributed by atoms with Crippen molar-refractivity contribution in [3.05, 3.63) is 52.8 Å². The van der Waals surface area contributed by atoms with Gasteiger partial charge in [-0.2, -0.15) is 5.10 Å². The van der Waals surface area contributed by atoms with E-state index in [-0.39, 0.29) is 0 Å². The van der Waals surface area contributed by atoms with Gasteiger partial charge in [0.25, 0.3) is 0 Å². The molecule has 100 valence electrons. The molecule has 4 nitrogen and oxygen atoms in total. The zero-order chi connectivity index (χ0) is 14.1. The summed E-state index contributed by atoms with van der Waals surface area (Å²) in [6.45, 7) is 2.06. The molecule has 0 aliphatic rings. The van der Waals surface area contributed by atoms with Crippen molar-refractivity contribution < 1.29 is 0 Å². The molecule has 0 aliphatic heterocycles. The molecule has 1 aromatic carbocycles. The molecule has 0 amide bonds. The van der Waals surface area contributed by atoms with E-state index in [1.807, 2.05) is 12.1 Å². The highest BCUT2D eigenvalue weighted by atomic mass is 79.9. The van der Waals surface area contributed by atoms with Crippen LogP contribution in [-0.2, 0) is 0 Å². The van der Waals surface area contributed by atoms with Gasteiger partial charge in [0.15, 0.2) is 5.82 Å². The first-order valence-corrected chi connectivity index (χ1v) is 6.97. The fraction of sp³-hybridized carbons (Fsp3) is 0.0667. The van der Waals surface area contributed by atoms with Gasteiger partial charge in [0.05, 0.1) is 11.3 Å². The molecule has 2 heterocycles. The van der Waals surface area contributed by atoms with Crippen LogP contribution < -0.4 is 5.73 Å². The van der Waals surface area contributed by atoms with E-state index >= 15 is 0 Å². The Morgan fingerprint density at radius 1 is 1.15 bits per heavy atom. The van der Waals surface area contributed by atoms with Crippen molar-refractivity contribution in [3.8, 4) is 22.4 Å². The number of nitrogens with two attached hydrogens (primary N) is 1. The van der Waals surface area contributed by atoms with Crippen molar-refractivity contribution in [2.45, 2.75) is 6.92 Å². The van der Waals surface area contributed by atoms with Crippen LogP contribution >= 0.6 is 15.9 Å². The van der Waals surface area contributed by atoms with Crippen LogP contribution in [0.25, 0.3) is 22.4 Å². The minimum atomic E-state index is 0.485. The summed E-state index contributed by atoms with van der Waals surface area (Å²) in [7, 11) is 0. The van der Waals surface area contributed by atoms with Gasteiger partial charge in [0.2, 0.25) is 0 Å². The summed E-state index contributed by atoms with van der Waals surface area (Å²) in [4.78, 5) is 4.04. The van der Waals surface area contributed by atoms with Crippen molar-refractivity contribution in [2.24, 2.45) is 0 Å². The van der Waals surface area contributed by atoms with E-state index in [0.29, 0.717) is 5.82 Å². The molecule has 0 fully saturated rings. The number of halogens is 1. The van der Waals surface area contributed by atoms with Crippen LogP contribution in [0.15, 0.2) is 47.2 Å². The molecule has 20 heavy (non-hydrogen) atoms. The summed E-state index contributed by atoms with van der Waals surface area (Å²) in [6, 6.07) is 10.0. The third-order valence-corrected chi connectivity index (χ3v) is 3.81. The van der Waals surface area contributed by atoms with E-state index in [1.165, 1.54) is 5.56 Å². The van der Waals surface area contributed by atoms with Gasteiger partial charge in [-0.1, -0.05) is 28.1 Å². The summed E-state index contributed by atoms with van der Waals surface area (Å²) < 4.78 is 1.01. The number of nitrogen functional groups attached to an aromatic ring is 1. The molecule has 5 heteroatoms. The van der Waals surface area contributed by atoms with Crippen LogP contribution in [0.2, 0.25) is 0 Å². The maximum absolute atomic E-state index is 6.01. The summed E-state index contributed by atoms with van der Waals surface area (Å²) in [6.07, 6.45) is 3.49. The molecule has 0 spiro atoms. The van der Waals surface area contributed by atoms with Crippen LogP contribution in [-0.4, -0.2) is 15.2 Å². The molecule has 0 bridgehead atoms. The first-order valence-electron chi connectivity index (χ1n) is 6.17. The normalized spacial score (nSPS) is 10.7. The van der Waals surface area contributed by atoms with Gasteiger partial charge in [-0.25, -0.2) is 0 Å². The summed E-state index contributed by atoms with van der Waals surface area (Å²) >= 11 is 3.60. The second-order valence-corrected chi connectivity index (χ2v) is 5.43. The number of nitrogens with zero attached hydrogens (tertiary/aromatic N) is 2. The molecular formula is C15H13BrN4. The molecule has 3 N–H and O–H groups in total. The third kappa shape index (κ3) is 2.20. The van der Waals surface area contributed by atoms with Crippen molar-refractivity contribution in [1.82, 2.24) is 15.2 Å². The number of H-pyrrole nitrogens is 1. The monoisotopic (exact) mass is 328 g/mol. The van der Waals surface area contributed by atoms with Gasteiger partial charge in [-0.3, -0.25) is 10.1 Å². The number of hydrogen-bond donors (Lipinski definition) is 2. The van der Waals surface area contributed by atoms with Gasteiger partial charge >= 0.3 is 0 Å². The van der Waals surface area contributed by atoms with E-state index in [2.05, 4.69) is 56.2 Å². The molecule has 2 aromatic heterocycles. The second kappa shape index (κ2) is 5.09. The van der Waals surface area contributed by atoms with Crippen LogP contribution in [0.1, 0.15) is 5.56 Å². The largest absolute Gasteiger partial charge is 0.382 e. The fourth-order valence-electron chi connectivity index (χ4n) is 2.18. The number of aryl methyl sites for hydroxylation is 1. The quantitative estimate of drug-likeness (QED) is 0.752. The molecule has 3 aromatic rings. The first-order chi connectivity index (χ1) is 9.66. The van der Waals surface area contributed by atoms with E-state index < -0.39 is 0 Å².